The lowest BCUT2D eigenvalue weighted by Gasteiger charge is -2.06. The van der Waals surface area contributed by atoms with Gasteiger partial charge in [0.15, 0.2) is 11.6 Å². The van der Waals surface area contributed by atoms with Crippen molar-refractivity contribution in [3.63, 3.8) is 0 Å². The molecule has 0 bridgehead atoms. The molecule has 2 aromatic rings. The van der Waals surface area contributed by atoms with E-state index < -0.39 is 11.6 Å². The quantitative estimate of drug-likeness (QED) is 0.862. The van der Waals surface area contributed by atoms with Crippen LogP contribution < -0.4 is 4.74 Å². The van der Waals surface area contributed by atoms with Crippen molar-refractivity contribution in [3.05, 3.63) is 58.3 Å². The van der Waals surface area contributed by atoms with Crippen LogP contribution in [-0.2, 0) is 6.61 Å². The van der Waals surface area contributed by atoms with Gasteiger partial charge in [-0.1, -0.05) is 0 Å². The van der Waals surface area contributed by atoms with Gasteiger partial charge in [0.05, 0.1) is 5.69 Å². The molecule has 1 aromatic carbocycles. The second kappa shape index (κ2) is 5.23. The first-order valence-corrected chi connectivity index (χ1v) is 5.63. The van der Waals surface area contributed by atoms with Crippen LogP contribution in [0.1, 0.15) is 5.69 Å². The van der Waals surface area contributed by atoms with Crippen molar-refractivity contribution in [1.82, 2.24) is 4.98 Å². The van der Waals surface area contributed by atoms with E-state index in [0.29, 0.717) is 5.69 Å². The number of halogens is 3. The van der Waals surface area contributed by atoms with Gasteiger partial charge >= 0.3 is 0 Å². The fraction of sp³-hybridized carbons (Fsp3) is 0.0833. The molecule has 0 aliphatic carbocycles. The summed E-state index contributed by atoms with van der Waals surface area (Å²) in [6.07, 6.45) is 1.62. The highest BCUT2D eigenvalue weighted by atomic mass is 79.9. The minimum atomic E-state index is -0.720. The zero-order chi connectivity index (χ0) is 12.3. The maximum Gasteiger partial charge on any atom is 0.167 e. The Morgan fingerprint density at radius 3 is 2.65 bits per heavy atom. The zero-order valence-corrected chi connectivity index (χ0v) is 10.2. The maximum absolute atomic E-state index is 13.2. The third-order valence-electron chi connectivity index (χ3n) is 2.06. The Morgan fingerprint density at radius 2 is 2.00 bits per heavy atom. The molecule has 1 aromatic heterocycles. The summed E-state index contributed by atoms with van der Waals surface area (Å²) in [5.41, 5.74) is 0.664. The molecule has 2 rings (SSSR count). The second-order valence-electron chi connectivity index (χ2n) is 3.33. The lowest BCUT2D eigenvalue weighted by Crippen LogP contribution is -1.99. The summed E-state index contributed by atoms with van der Waals surface area (Å²) < 4.78 is 31.9. The number of rotatable bonds is 3. The van der Waals surface area contributed by atoms with Crippen molar-refractivity contribution >= 4 is 15.9 Å². The van der Waals surface area contributed by atoms with Gasteiger partial charge in [-0.25, -0.2) is 8.78 Å². The number of nitrogens with zero attached hydrogens (tertiary/aromatic N) is 1. The van der Waals surface area contributed by atoms with E-state index in [2.05, 4.69) is 20.9 Å². The fourth-order valence-corrected chi connectivity index (χ4v) is 1.47. The van der Waals surface area contributed by atoms with Crippen molar-refractivity contribution < 1.29 is 13.5 Å². The van der Waals surface area contributed by atoms with E-state index in [9.17, 15) is 8.78 Å². The SMILES string of the molecule is Fc1ccc(OCc2ccc(Br)cn2)c(F)c1. The van der Waals surface area contributed by atoms with Crippen molar-refractivity contribution in [2.24, 2.45) is 0 Å². The average molecular weight is 300 g/mol. The van der Waals surface area contributed by atoms with E-state index in [1.807, 2.05) is 6.07 Å². The Morgan fingerprint density at radius 1 is 1.18 bits per heavy atom. The molecule has 0 fully saturated rings. The van der Waals surface area contributed by atoms with E-state index in [1.54, 1.807) is 12.3 Å². The Hall–Kier alpha value is -1.49. The Balaban J connectivity index is 2.04. The summed E-state index contributed by atoms with van der Waals surface area (Å²) in [5, 5.41) is 0. The van der Waals surface area contributed by atoms with Gasteiger partial charge in [-0.05, 0) is 40.2 Å². The Kier molecular flexibility index (Phi) is 3.68. The molecule has 88 valence electrons. The van der Waals surface area contributed by atoms with Crippen LogP contribution in [0.25, 0.3) is 0 Å². The van der Waals surface area contributed by atoms with Crippen LogP contribution in [0.4, 0.5) is 8.78 Å². The van der Waals surface area contributed by atoms with Gasteiger partial charge in [-0.2, -0.15) is 0 Å². The molecule has 0 saturated heterocycles. The van der Waals surface area contributed by atoms with Gasteiger partial charge in [0.1, 0.15) is 12.4 Å². The molecule has 0 amide bonds. The number of benzene rings is 1. The van der Waals surface area contributed by atoms with Crippen LogP contribution in [0.2, 0.25) is 0 Å². The van der Waals surface area contributed by atoms with Gasteiger partial charge < -0.3 is 4.74 Å². The van der Waals surface area contributed by atoms with Crippen molar-refractivity contribution in [3.8, 4) is 5.75 Å². The van der Waals surface area contributed by atoms with E-state index in [1.165, 1.54) is 6.07 Å². The first-order chi connectivity index (χ1) is 8.15. The van der Waals surface area contributed by atoms with E-state index in [4.69, 9.17) is 4.74 Å². The van der Waals surface area contributed by atoms with Gasteiger partial charge in [0, 0.05) is 16.7 Å². The number of hydrogen-bond acceptors (Lipinski definition) is 2. The van der Waals surface area contributed by atoms with Gasteiger partial charge in [-0.15, -0.1) is 0 Å². The standard InChI is InChI=1S/C12H8BrF2NO/c13-8-1-3-10(16-6-8)7-17-12-4-2-9(14)5-11(12)15/h1-6H,7H2. The Bertz CT molecular complexity index is 516. The smallest absolute Gasteiger partial charge is 0.167 e. The van der Waals surface area contributed by atoms with Gasteiger partial charge in [-0.3, -0.25) is 4.98 Å². The number of hydrogen-bond donors (Lipinski definition) is 0. The summed E-state index contributed by atoms with van der Waals surface area (Å²) in [6, 6.07) is 6.75. The highest BCUT2D eigenvalue weighted by molar-refractivity contribution is 9.10. The maximum atomic E-state index is 13.2. The molecule has 0 saturated carbocycles. The molecule has 1 heterocycles. The van der Waals surface area contributed by atoms with Crippen molar-refractivity contribution in [2.75, 3.05) is 0 Å². The summed E-state index contributed by atoms with van der Waals surface area (Å²) in [6.45, 7) is 0.135. The molecular formula is C12H8BrF2NO. The molecule has 17 heavy (non-hydrogen) atoms. The highest BCUT2D eigenvalue weighted by Crippen LogP contribution is 2.18. The van der Waals surface area contributed by atoms with Crippen LogP contribution in [0, 0.1) is 11.6 Å². The monoisotopic (exact) mass is 299 g/mol. The van der Waals surface area contributed by atoms with E-state index in [0.717, 1.165) is 16.6 Å². The van der Waals surface area contributed by atoms with Crippen LogP contribution in [0.15, 0.2) is 41.0 Å². The van der Waals surface area contributed by atoms with E-state index in [-0.39, 0.29) is 12.4 Å². The minimum Gasteiger partial charge on any atom is -0.484 e. The molecule has 0 aliphatic heterocycles. The first-order valence-electron chi connectivity index (χ1n) is 4.83. The molecule has 0 aliphatic rings. The minimum absolute atomic E-state index is 0.0103. The Labute approximate surface area is 105 Å². The molecule has 0 N–H and O–H groups in total. The van der Waals surface area contributed by atoms with Gasteiger partial charge in [0.25, 0.3) is 0 Å². The lowest BCUT2D eigenvalue weighted by atomic mass is 10.3. The number of aromatic nitrogens is 1. The predicted molar refractivity (Wildman–Crippen MR) is 62.6 cm³/mol. The summed E-state index contributed by atoms with van der Waals surface area (Å²) >= 11 is 3.26. The summed E-state index contributed by atoms with van der Waals surface area (Å²) in [5.74, 6) is -1.34. The van der Waals surface area contributed by atoms with Crippen molar-refractivity contribution in [2.45, 2.75) is 6.61 Å². The number of pyridine rings is 1. The van der Waals surface area contributed by atoms with Crippen LogP contribution >= 0.6 is 15.9 Å². The summed E-state index contributed by atoms with van der Waals surface area (Å²) in [4.78, 5) is 4.07. The molecule has 5 heteroatoms. The second-order valence-corrected chi connectivity index (χ2v) is 4.25. The highest BCUT2D eigenvalue weighted by Gasteiger charge is 2.05. The molecular weight excluding hydrogens is 292 g/mol. The van der Waals surface area contributed by atoms with Crippen LogP contribution in [0.3, 0.4) is 0 Å². The summed E-state index contributed by atoms with van der Waals surface area (Å²) in [7, 11) is 0. The van der Waals surface area contributed by atoms with Crippen LogP contribution in [-0.4, -0.2) is 4.98 Å². The largest absolute Gasteiger partial charge is 0.484 e. The number of ether oxygens (including phenoxy) is 1. The van der Waals surface area contributed by atoms with Crippen molar-refractivity contribution in [1.29, 1.82) is 0 Å². The average Bonchev–Trinajstić information content (AvgIpc) is 2.30. The predicted octanol–water partition coefficient (Wildman–Crippen LogP) is 3.70. The lowest BCUT2D eigenvalue weighted by molar-refractivity contribution is 0.285. The normalized spacial score (nSPS) is 10.3. The third kappa shape index (κ3) is 3.23. The molecule has 2 nitrogen and oxygen atoms in total. The third-order valence-corrected chi connectivity index (χ3v) is 2.53. The molecule has 0 spiro atoms. The fourth-order valence-electron chi connectivity index (χ4n) is 1.24. The molecule has 0 atom stereocenters. The van der Waals surface area contributed by atoms with E-state index >= 15 is 0 Å². The molecule has 0 radical (unpaired) electrons. The molecule has 0 unspecified atom stereocenters. The first kappa shape index (κ1) is 12.0. The topological polar surface area (TPSA) is 22.1 Å². The zero-order valence-electron chi connectivity index (χ0n) is 8.66. The van der Waals surface area contributed by atoms with Gasteiger partial charge in [0.2, 0.25) is 0 Å². The van der Waals surface area contributed by atoms with Crippen LogP contribution in [0.5, 0.6) is 5.75 Å².